The van der Waals surface area contributed by atoms with Gasteiger partial charge in [0.25, 0.3) is 0 Å². The zero-order valence-corrected chi connectivity index (χ0v) is 15.7. The van der Waals surface area contributed by atoms with Gasteiger partial charge in [-0.2, -0.15) is 0 Å². The largest absolute Gasteiger partial charge is 0.481 e. The second kappa shape index (κ2) is 6.41. The van der Waals surface area contributed by atoms with Crippen LogP contribution in [0.15, 0.2) is 23.3 Å². The summed E-state index contributed by atoms with van der Waals surface area (Å²) in [5, 5.41) is 9.83. The standard InChI is InChI=1S/C20H30O2.Cu/c1-13(2)14-6-8-16-15(12-14)7-9-17-19(16,3)10-5-11-20(17,4)18(21)22;/h7,12-13,16-17H,5-6,8-11H2,1-4H3,(H,21,22);. The molecule has 3 rings (SSSR count). The second-order valence-corrected chi connectivity index (χ2v) is 8.54. The molecule has 0 spiro atoms. The van der Waals surface area contributed by atoms with E-state index in [9.17, 15) is 9.90 Å². The van der Waals surface area contributed by atoms with Gasteiger partial charge in [0.05, 0.1) is 5.41 Å². The topological polar surface area (TPSA) is 37.3 Å². The average Bonchev–Trinajstić information content (AvgIpc) is 2.46. The summed E-state index contributed by atoms with van der Waals surface area (Å²) in [4.78, 5) is 11.9. The van der Waals surface area contributed by atoms with Gasteiger partial charge in [0.15, 0.2) is 0 Å². The Morgan fingerprint density at radius 1 is 1.30 bits per heavy atom. The van der Waals surface area contributed by atoms with E-state index < -0.39 is 11.4 Å². The van der Waals surface area contributed by atoms with Gasteiger partial charge in [0.1, 0.15) is 0 Å². The monoisotopic (exact) mass is 365 g/mol. The Balaban J connectivity index is 0.00000192. The molecule has 1 fully saturated rings. The Hall–Kier alpha value is -0.531. The SMILES string of the molecule is CC(C)C1=CC2=CCC3C(C)(C(=O)O)CCCC3(C)C2CC1.[Cu]. The molecule has 0 amide bonds. The molecule has 0 bridgehead atoms. The molecule has 1 radical (unpaired) electrons. The summed E-state index contributed by atoms with van der Waals surface area (Å²) in [5.74, 6) is 0.888. The molecule has 4 atom stereocenters. The van der Waals surface area contributed by atoms with Crippen molar-refractivity contribution < 1.29 is 27.0 Å². The Kier molecular flexibility index (Phi) is 5.24. The van der Waals surface area contributed by atoms with E-state index in [1.54, 1.807) is 5.57 Å². The molecule has 1 saturated carbocycles. The fraction of sp³-hybridized carbons (Fsp3) is 0.750. The minimum Gasteiger partial charge on any atom is -0.481 e. The number of allylic oxidation sites excluding steroid dienone is 4. The van der Waals surface area contributed by atoms with Gasteiger partial charge in [-0.1, -0.05) is 44.9 Å². The van der Waals surface area contributed by atoms with Gasteiger partial charge in [0, 0.05) is 17.1 Å². The molecule has 3 heteroatoms. The summed E-state index contributed by atoms with van der Waals surface area (Å²) in [7, 11) is 0. The van der Waals surface area contributed by atoms with Crippen LogP contribution in [0.5, 0.6) is 0 Å². The quantitative estimate of drug-likeness (QED) is 0.682. The van der Waals surface area contributed by atoms with E-state index >= 15 is 0 Å². The first-order chi connectivity index (χ1) is 10.3. The summed E-state index contributed by atoms with van der Waals surface area (Å²) in [6.07, 6.45) is 11.2. The maximum absolute atomic E-state index is 11.9. The Labute approximate surface area is 151 Å². The van der Waals surface area contributed by atoms with E-state index in [-0.39, 0.29) is 28.4 Å². The number of aliphatic carboxylic acids is 1. The minimum absolute atomic E-state index is 0. The van der Waals surface area contributed by atoms with E-state index in [0.29, 0.717) is 11.8 Å². The minimum atomic E-state index is -0.588. The smallest absolute Gasteiger partial charge is 0.309 e. The van der Waals surface area contributed by atoms with Crippen molar-refractivity contribution in [3.8, 4) is 0 Å². The second-order valence-electron chi connectivity index (χ2n) is 8.54. The van der Waals surface area contributed by atoms with Crippen LogP contribution in [-0.4, -0.2) is 11.1 Å². The molecule has 0 heterocycles. The third kappa shape index (κ3) is 2.85. The van der Waals surface area contributed by atoms with Crippen molar-refractivity contribution in [3.05, 3.63) is 23.3 Å². The van der Waals surface area contributed by atoms with Crippen LogP contribution >= 0.6 is 0 Å². The first kappa shape index (κ1) is 18.8. The van der Waals surface area contributed by atoms with Gasteiger partial charge >= 0.3 is 5.97 Å². The maximum Gasteiger partial charge on any atom is 0.309 e. The number of fused-ring (bicyclic) bond motifs is 3. The zero-order valence-electron chi connectivity index (χ0n) is 14.8. The predicted octanol–water partition coefficient (Wildman–Crippen LogP) is 5.20. The third-order valence-corrected chi connectivity index (χ3v) is 7.07. The van der Waals surface area contributed by atoms with Gasteiger partial charge in [-0.05, 0) is 67.8 Å². The summed E-state index contributed by atoms with van der Waals surface area (Å²) < 4.78 is 0. The number of carboxylic acid groups (broad SMARTS) is 1. The molecule has 0 aromatic rings. The van der Waals surface area contributed by atoms with Crippen molar-refractivity contribution in [1.29, 1.82) is 0 Å². The average molecular weight is 366 g/mol. The third-order valence-electron chi connectivity index (χ3n) is 7.07. The van der Waals surface area contributed by atoms with E-state index in [4.69, 9.17) is 0 Å². The molecule has 3 aliphatic rings. The molecule has 0 aromatic heterocycles. The predicted molar refractivity (Wildman–Crippen MR) is 89.5 cm³/mol. The molecule has 3 aliphatic carbocycles. The molecule has 0 aliphatic heterocycles. The fourth-order valence-corrected chi connectivity index (χ4v) is 5.60. The van der Waals surface area contributed by atoms with Gasteiger partial charge in [-0.3, -0.25) is 4.79 Å². The first-order valence-corrected chi connectivity index (χ1v) is 8.93. The van der Waals surface area contributed by atoms with Crippen LogP contribution in [0, 0.1) is 28.6 Å². The molecule has 133 valence electrons. The van der Waals surface area contributed by atoms with Crippen molar-refractivity contribution in [2.24, 2.45) is 28.6 Å². The summed E-state index contributed by atoms with van der Waals surface area (Å²) in [6.45, 7) is 8.93. The number of hydrogen-bond acceptors (Lipinski definition) is 1. The summed E-state index contributed by atoms with van der Waals surface area (Å²) in [6, 6.07) is 0. The van der Waals surface area contributed by atoms with Crippen LogP contribution in [0.3, 0.4) is 0 Å². The first-order valence-electron chi connectivity index (χ1n) is 8.93. The molecular formula is C20H30CuO2. The van der Waals surface area contributed by atoms with E-state index in [1.807, 2.05) is 6.92 Å². The number of hydrogen-bond donors (Lipinski definition) is 1. The van der Waals surface area contributed by atoms with Crippen molar-refractivity contribution >= 4 is 5.97 Å². The molecule has 0 aromatic carbocycles. The number of carbonyl (C=O) groups is 1. The fourth-order valence-electron chi connectivity index (χ4n) is 5.60. The van der Waals surface area contributed by atoms with E-state index in [0.717, 1.165) is 19.3 Å². The van der Waals surface area contributed by atoms with Crippen molar-refractivity contribution in [2.75, 3.05) is 0 Å². The Bertz CT molecular complexity index is 548. The van der Waals surface area contributed by atoms with Crippen LogP contribution in [0.1, 0.15) is 66.2 Å². The van der Waals surface area contributed by atoms with Crippen LogP contribution in [0.4, 0.5) is 0 Å². The van der Waals surface area contributed by atoms with Gasteiger partial charge in [-0.15, -0.1) is 0 Å². The summed E-state index contributed by atoms with van der Waals surface area (Å²) in [5.41, 5.74) is 2.69. The van der Waals surface area contributed by atoms with Gasteiger partial charge in [-0.25, -0.2) is 0 Å². The molecule has 1 N–H and O–H groups in total. The molecule has 23 heavy (non-hydrogen) atoms. The van der Waals surface area contributed by atoms with Crippen LogP contribution in [-0.2, 0) is 21.9 Å². The number of rotatable bonds is 2. The van der Waals surface area contributed by atoms with Crippen molar-refractivity contribution in [2.45, 2.75) is 66.2 Å². The molecule has 0 saturated heterocycles. The Morgan fingerprint density at radius 2 is 2.00 bits per heavy atom. The van der Waals surface area contributed by atoms with Crippen LogP contribution in [0.25, 0.3) is 0 Å². The van der Waals surface area contributed by atoms with Crippen LogP contribution < -0.4 is 0 Å². The van der Waals surface area contributed by atoms with Crippen molar-refractivity contribution in [1.82, 2.24) is 0 Å². The number of carboxylic acids is 1. The normalized spacial score (nSPS) is 39.5. The maximum atomic E-state index is 11.9. The Morgan fingerprint density at radius 3 is 2.61 bits per heavy atom. The zero-order chi connectivity index (χ0) is 16.1. The molecule has 4 unspecified atom stereocenters. The van der Waals surface area contributed by atoms with E-state index in [2.05, 4.69) is 32.9 Å². The molecule has 2 nitrogen and oxygen atoms in total. The molecular weight excluding hydrogens is 336 g/mol. The van der Waals surface area contributed by atoms with Gasteiger partial charge < -0.3 is 5.11 Å². The van der Waals surface area contributed by atoms with Crippen molar-refractivity contribution in [3.63, 3.8) is 0 Å². The van der Waals surface area contributed by atoms with E-state index in [1.165, 1.54) is 24.8 Å². The van der Waals surface area contributed by atoms with Gasteiger partial charge in [0.2, 0.25) is 0 Å². The van der Waals surface area contributed by atoms with Crippen LogP contribution in [0.2, 0.25) is 0 Å². The summed E-state index contributed by atoms with van der Waals surface area (Å²) >= 11 is 0.